The van der Waals surface area contributed by atoms with E-state index in [-0.39, 0.29) is 0 Å². The highest BCUT2D eigenvalue weighted by atomic mass is 15.3. The number of hydrogen-bond donors (Lipinski definition) is 0. The van der Waals surface area contributed by atoms with E-state index in [1.165, 1.54) is 11.3 Å². The number of aromatic nitrogens is 3. The molecule has 0 spiro atoms. The number of hydrogen-bond acceptors (Lipinski definition) is 6. The van der Waals surface area contributed by atoms with E-state index in [1.54, 1.807) is 6.33 Å². The second kappa shape index (κ2) is 6.96. The molecule has 0 aromatic carbocycles. The van der Waals surface area contributed by atoms with Crippen LogP contribution in [-0.2, 0) is 12.8 Å². The molecule has 2 aliphatic heterocycles. The van der Waals surface area contributed by atoms with E-state index in [0.717, 1.165) is 69.4 Å². The molecule has 132 valence electrons. The highest BCUT2D eigenvalue weighted by molar-refractivity contribution is 5.51. The van der Waals surface area contributed by atoms with Crippen LogP contribution < -0.4 is 9.80 Å². The third-order valence-corrected chi connectivity index (χ3v) is 5.26. The van der Waals surface area contributed by atoms with E-state index in [2.05, 4.69) is 43.8 Å². The minimum Gasteiger partial charge on any atom is -0.356 e. The summed E-state index contributed by atoms with van der Waals surface area (Å²) in [6, 6.07) is 6.24. The summed E-state index contributed by atoms with van der Waals surface area (Å²) in [6.07, 6.45) is 3.68. The molecular formula is C19H26N6. The number of rotatable bonds is 2. The van der Waals surface area contributed by atoms with Crippen molar-refractivity contribution < 1.29 is 0 Å². The molecule has 0 bridgehead atoms. The third-order valence-electron chi connectivity index (χ3n) is 5.26. The predicted molar refractivity (Wildman–Crippen MR) is 100 cm³/mol. The van der Waals surface area contributed by atoms with Gasteiger partial charge in [0.05, 0.1) is 5.69 Å². The topological polar surface area (TPSA) is 48.4 Å². The average molecular weight is 338 g/mol. The molecule has 0 saturated carbocycles. The van der Waals surface area contributed by atoms with Crippen LogP contribution in [0, 0.1) is 6.92 Å². The maximum absolute atomic E-state index is 4.70. The summed E-state index contributed by atoms with van der Waals surface area (Å²) >= 11 is 0. The van der Waals surface area contributed by atoms with Crippen molar-refractivity contribution in [1.29, 1.82) is 0 Å². The average Bonchev–Trinajstić information content (AvgIpc) is 2.85. The quantitative estimate of drug-likeness (QED) is 0.828. The highest BCUT2D eigenvalue weighted by Gasteiger charge is 2.23. The zero-order valence-electron chi connectivity index (χ0n) is 15.1. The molecule has 0 unspecified atom stereocenters. The van der Waals surface area contributed by atoms with E-state index in [4.69, 9.17) is 4.98 Å². The monoisotopic (exact) mass is 338 g/mol. The van der Waals surface area contributed by atoms with E-state index >= 15 is 0 Å². The lowest BCUT2D eigenvalue weighted by atomic mass is 10.1. The molecule has 4 rings (SSSR count). The van der Waals surface area contributed by atoms with Gasteiger partial charge in [-0.2, -0.15) is 0 Å². The lowest BCUT2D eigenvalue weighted by molar-refractivity contribution is 0.311. The largest absolute Gasteiger partial charge is 0.356 e. The van der Waals surface area contributed by atoms with Crippen LogP contribution in [0.1, 0.15) is 17.0 Å². The Kier molecular flexibility index (Phi) is 4.53. The van der Waals surface area contributed by atoms with E-state index in [0.29, 0.717) is 0 Å². The van der Waals surface area contributed by atoms with Gasteiger partial charge in [0, 0.05) is 56.9 Å². The number of nitrogens with zero attached hydrogens (tertiary/aromatic N) is 6. The van der Waals surface area contributed by atoms with Crippen LogP contribution in [0.2, 0.25) is 0 Å². The van der Waals surface area contributed by atoms with Gasteiger partial charge in [-0.15, -0.1) is 0 Å². The van der Waals surface area contributed by atoms with Crippen LogP contribution in [-0.4, -0.2) is 66.2 Å². The fourth-order valence-corrected chi connectivity index (χ4v) is 3.73. The molecule has 6 nitrogen and oxygen atoms in total. The fraction of sp³-hybridized carbons (Fsp3) is 0.526. The Morgan fingerprint density at radius 2 is 1.68 bits per heavy atom. The van der Waals surface area contributed by atoms with Crippen LogP contribution in [0.25, 0.3) is 0 Å². The van der Waals surface area contributed by atoms with E-state index < -0.39 is 0 Å². The van der Waals surface area contributed by atoms with Crippen molar-refractivity contribution >= 4 is 11.6 Å². The third kappa shape index (κ3) is 3.44. The standard InChI is InChI=1S/C19H26N6/c1-15-4-3-5-18(22-15)24-8-6-16-17(7-9-24)20-14-21-19(16)25-12-10-23(2)11-13-25/h3-5,14H,6-13H2,1-2H3. The van der Waals surface area contributed by atoms with Crippen molar-refractivity contribution in [3.63, 3.8) is 0 Å². The Hall–Kier alpha value is -2.21. The second-order valence-electron chi connectivity index (χ2n) is 7.04. The smallest absolute Gasteiger partial charge is 0.135 e. The Balaban J connectivity index is 1.56. The van der Waals surface area contributed by atoms with Crippen molar-refractivity contribution in [2.75, 3.05) is 56.1 Å². The summed E-state index contributed by atoms with van der Waals surface area (Å²) in [6.45, 7) is 8.26. The SMILES string of the molecule is Cc1cccc(N2CCc3ncnc(N4CCN(C)CC4)c3CC2)n1. The zero-order valence-corrected chi connectivity index (χ0v) is 15.1. The Labute approximate surface area is 149 Å². The molecule has 0 N–H and O–H groups in total. The van der Waals surface area contributed by atoms with Gasteiger partial charge in [-0.1, -0.05) is 6.07 Å². The summed E-state index contributed by atoms with van der Waals surface area (Å²) < 4.78 is 0. The molecule has 2 aromatic heterocycles. The van der Waals surface area contributed by atoms with Gasteiger partial charge in [-0.25, -0.2) is 15.0 Å². The summed E-state index contributed by atoms with van der Waals surface area (Å²) in [4.78, 5) is 21.1. The lowest BCUT2D eigenvalue weighted by Gasteiger charge is -2.34. The van der Waals surface area contributed by atoms with Crippen molar-refractivity contribution in [2.24, 2.45) is 0 Å². The first-order valence-electron chi connectivity index (χ1n) is 9.15. The predicted octanol–water partition coefficient (Wildman–Crippen LogP) is 1.54. The van der Waals surface area contributed by atoms with Crippen molar-refractivity contribution in [1.82, 2.24) is 19.9 Å². The Morgan fingerprint density at radius 1 is 0.880 bits per heavy atom. The Bertz CT molecular complexity index is 738. The molecule has 2 aliphatic rings. The van der Waals surface area contributed by atoms with Gasteiger partial charge < -0.3 is 14.7 Å². The van der Waals surface area contributed by atoms with Gasteiger partial charge in [0.1, 0.15) is 18.0 Å². The van der Waals surface area contributed by atoms with Crippen LogP contribution in [0.15, 0.2) is 24.5 Å². The molecule has 4 heterocycles. The van der Waals surface area contributed by atoms with Crippen LogP contribution in [0.3, 0.4) is 0 Å². The number of piperazine rings is 1. The van der Waals surface area contributed by atoms with Gasteiger partial charge in [-0.05, 0) is 32.5 Å². The molecule has 0 atom stereocenters. The molecular weight excluding hydrogens is 312 g/mol. The van der Waals surface area contributed by atoms with Crippen molar-refractivity contribution in [2.45, 2.75) is 19.8 Å². The Morgan fingerprint density at radius 3 is 2.48 bits per heavy atom. The van der Waals surface area contributed by atoms with Crippen LogP contribution >= 0.6 is 0 Å². The number of aryl methyl sites for hydroxylation is 1. The van der Waals surface area contributed by atoms with Crippen LogP contribution in [0.5, 0.6) is 0 Å². The number of likely N-dealkylation sites (N-methyl/N-ethyl adjacent to an activating group) is 1. The van der Waals surface area contributed by atoms with Gasteiger partial charge in [0.25, 0.3) is 0 Å². The first-order chi connectivity index (χ1) is 12.2. The molecule has 1 fully saturated rings. The van der Waals surface area contributed by atoms with E-state index in [9.17, 15) is 0 Å². The van der Waals surface area contributed by atoms with Crippen molar-refractivity contribution in [3.05, 3.63) is 41.5 Å². The maximum Gasteiger partial charge on any atom is 0.135 e. The highest BCUT2D eigenvalue weighted by Crippen LogP contribution is 2.26. The maximum atomic E-state index is 4.70. The lowest BCUT2D eigenvalue weighted by Crippen LogP contribution is -2.45. The van der Waals surface area contributed by atoms with Gasteiger partial charge in [0.2, 0.25) is 0 Å². The van der Waals surface area contributed by atoms with Gasteiger partial charge in [0.15, 0.2) is 0 Å². The molecule has 1 saturated heterocycles. The number of fused-ring (bicyclic) bond motifs is 1. The molecule has 0 aliphatic carbocycles. The van der Waals surface area contributed by atoms with Gasteiger partial charge >= 0.3 is 0 Å². The normalized spacial score (nSPS) is 18.8. The molecule has 6 heteroatoms. The summed E-state index contributed by atoms with van der Waals surface area (Å²) in [7, 11) is 2.19. The molecule has 0 amide bonds. The summed E-state index contributed by atoms with van der Waals surface area (Å²) in [5.74, 6) is 2.22. The summed E-state index contributed by atoms with van der Waals surface area (Å²) in [5.41, 5.74) is 3.61. The number of anilines is 2. The minimum atomic E-state index is 0.953. The van der Waals surface area contributed by atoms with Gasteiger partial charge in [-0.3, -0.25) is 0 Å². The van der Waals surface area contributed by atoms with E-state index in [1.807, 2.05) is 13.0 Å². The van der Waals surface area contributed by atoms with Crippen LogP contribution in [0.4, 0.5) is 11.6 Å². The summed E-state index contributed by atoms with van der Waals surface area (Å²) in [5, 5.41) is 0. The molecule has 25 heavy (non-hydrogen) atoms. The first kappa shape index (κ1) is 16.3. The molecule has 0 radical (unpaired) electrons. The number of pyridine rings is 1. The second-order valence-corrected chi connectivity index (χ2v) is 7.04. The zero-order chi connectivity index (χ0) is 17.2. The minimum absolute atomic E-state index is 0.953. The molecule has 2 aromatic rings. The fourth-order valence-electron chi connectivity index (χ4n) is 3.73. The van der Waals surface area contributed by atoms with Crippen molar-refractivity contribution in [3.8, 4) is 0 Å². The first-order valence-corrected chi connectivity index (χ1v) is 9.15.